The molecule has 2 heterocycles. The van der Waals surface area contributed by atoms with Gasteiger partial charge >= 0.3 is 5.97 Å². The molecule has 12 N–H and O–H groups in total. The quantitative estimate of drug-likeness (QED) is 0.0275. The summed E-state index contributed by atoms with van der Waals surface area (Å²) < 4.78 is 11.9. The highest BCUT2D eigenvalue weighted by molar-refractivity contribution is 6.33. The smallest absolute Gasteiger partial charge is 0.331 e. The van der Waals surface area contributed by atoms with Crippen molar-refractivity contribution in [3.8, 4) is 5.75 Å². The first-order chi connectivity index (χ1) is 37.7. The van der Waals surface area contributed by atoms with Crippen molar-refractivity contribution in [1.82, 2.24) is 46.8 Å². The number of ether oxygens (including phenoxy) is 2. The van der Waals surface area contributed by atoms with Crippen LogP contribution < -0.4 is 37.2 Å². The molecule has 436 valence electrons. The van der Waals surface area contributed by atoms with Crippen molar-refractivity contribution in [3.05, 3.63) is 101 Å². The molecule has 80 heavy (non-hydrogen) atoms. The molecule has 1 aromatic heterocycles. The number of nitrogens with one attached hydrogen (secondary N) is 7. The SMILES string of the molecule is CCC(C)C1NC(=O)C(NC(=O)C(C)NC(=O)c2c(Cl)ccn2O)C(C)OC(=O)C(COCCC(O)(/C=C/C(=O)NCC(C)=O)CO)NC(=O)C(C(C)O)NC(=O)C(Cc2ccccc2)N(C)C(=O)C(c2ccc(O)cc2)NC1=O. The molecule has 0 aliphatic carbocycles. The minimum atomic E-state index is -2.10. The topological polar surface area (TPSA) is 383 Å². The second-order valence-corrected chi connectivity index (χ2v) is 19.8. The molecular formula is C53H70ClN9O17. The Kier molecular flexibility index (Phi) is 24.1. The number of amides is 8. The third kappa shape index (κ3) is 18.3. The minimum absolute atomic E-state index is 0.115. The van der Waals surface area contributed by atoms with E-state index in [4.69, 9.17) is 21.1 Å². The molecule has 1 aliphatic heterocycles. The maximum atomic E-state index is 14.9. The number of hydrogen-bond donors (Lipinski definition) is 12. The third-order valence-corrected chi connectivity index (χ3v) is 13.3. The fourth-order valence-electron chi connectivity index (χ4n) is 7.93. The van der Waals surface area contributed by atoms with Crippen LogP contribution in [0.4, 0.5) is 0 Å². The van der Waals surface area contributed by atoms with E-state index < -0.39 is 151 Å². The predicted molar refractivity (Wildman–Crippen MR) is 284 cm³/mol. The number of aromatic hydroxyl groups is 1. The number of Topliss-reactive ketones (excluding diaryl/α,β-unsaturated/α-hetero) is 1. The zero-order chi connectivity index (χ0) is 59.6. The third-order valence-electron chi connectivity index (χ3n) is 13.0. The van der Waals surface area contributed by atoms with Gasteiger partial charge in [0.25, 0.3) is 5.91 Å². The molecule has 1 saturated heterocycles. The molecule has 11 unspecified atom stereocenters. The summed E-state index contributed by atoms with van der Waals surface area (Å²) in [5.74, 6) is -10.7. The lowest BCUT2D eigenvalue weighted by molar-refractivity contribution is -0.158. The highest BCUT2D eigenvalue weighted by Crippen LogP contribution is 2.23. The van der Waals surface area contributed by atoms with Crippen LogP contribution in [0.1, 0.15) is 82.0 Å². The molecule has 27 heteroatoms. The van der Waals surface area contributed by atoms with Crippen LogP contribution >= 0.6 is 11.6 Å². The summed E-state index contributed by atoms with van der Waals surface area (Å²) in [6.07, 6.45) is -0.976. The largest absolute Gasteiger partial charge is 0.508 e. The van der Waals surface area contributed by atoms with Crippen LogP contribution in [0.25, 0.3) is 0 Å². The Labute approximate surface area is 465 Å². The van der Waals surface area contributed by atoms with E-state index in [0.29, 0.717) is 10.3 Å². The van der Waals surface area contributed by atoms with Gasteiger partial charge in [-0.05, 0) is 69.0 Å². The number of cyclic esters (lactones) is 1. The highest BCUT2D eigenvalue weighted by atomic mass is 35.5. The molecule has 3 aromatic rings. The minimum Gasteiger partial charge on any atom is -0.508 e. The van der Waals surface area contributed by atoms with Crippen LogP contribution in [0.2, 0.25) is 5.02 Å². The van der Waals surface area contributed by atoms with Crippen molar-refractivity contribution in [1.29, 1.82) is 0 Å². The summed E-state index contributed by atoms with van der Waals surface area (Å²) in [5.41, 5.74) is -1.90. The average molecular weight is 1140 g/mol. The predicted octanol–water partition coefficient (Wildman–Crippen LogP) is -1.17. The number of halogens is 1. The summed E-state index contributed by atoms with van der Waals surface area (Å²) in [7, 11) is 1.26. The summed E-state index contributed by atoms with van der Waals surface area (Å²) in [6, 6.07) is 2.89. The summed E-state index contributed by atoms with van der Waals surface area (Å²) in [4.78, 5) is 139. The Morgan fingerprint density at radius 3 is 2.12 bits per heavy atom. The van der Waals surface area contributed by atoms with E-state index in [2.05, 4.69) is 37.2 Å². The molecule has 0 spiro atoms. The number of aliphatic hydroxyl groups excluding tert-OH is 2. The Bertz CT molecular complexity index is 2700. The summed E-state index contributed by atoms with van der Waals surface area (Å²) in [6.45, 7) is 5.48. The monoisotopic (exact) mass is 1140 g/mol. The number of benzene rings is 2. The second-order valence-electron chi connectivity index (χ2n) is 19.4. The van der Waals surface area contributed by atoms with Crippen molar-refractivity contribution >= 4 is 70.6 Å². The number of rotatable bonds is 20. The van der Waals surface area contributed by atoms with Crippen molar-refractivity contribution < 1.29 is 83.1 Å². The fraction of sp³-hybridized carbons (Fsp3) is 0.472. The van der Waals surface area contributed by atoms with E-state index in [9.17, 15) is 73.6 Å². The number of aliphatic hydroxyl groups is 3. The van der Waals surface area contributed by atoms with E-state index >= 15 is 0 Å². The van der Waals surface area contributed by atoms with Gasteiger partial charge in [0.2, 0.25) is 41.4 Å². The number of phenolic OH excluding ortho intramolecular Hbond substituents is 1. The van der Waals surface area contributed by atoms with Gasteiger partial charge in [-0.3, -0.25) is 43.2 Å². The van der Waals surface area contributed by atoms with E-state index in [1.165, 1.54) is 51.2 Å². The zero-order valence-corrected chi connectivity index (χ0v) is 45.9. The molecule has 0 radical (unpaired) electrons. The van der Waals surface area contributed by atoms with Crippen molar-refractivity contribution in [3.63, 3.8) is 0 Å². The second kappa shape index (κ2) is 29.9. The van der Waals surface area contributed by atoms with Crippen LogP contribution in [-0.4, -0.2) is 182 Å². The Morgan fingerprint density at radius 1 is 0.900 bits per heavy atom. The van der Waals surface area contributed by atoms with Gasteiger partial charge in [0.05, 0.1) is 30.9 Å². The van der Waals surface area contributed by atoms with Gasteiger partial charge < -0.3 is 77.2 Å². The number of hydrogen-bond acceptors (Lipinski definition) is 17. The van der Waals surface area contributed by atoms with Gasteiger partial charge in [-0.25, -0.2) is 4.79 Å². The molecule has 8 amide bonds. The van der Waals surface area contributed by atoms with Crippen LogP contribution in [0.15, 0.2) is 79.0 Å². The van der Waals surface area contributed by atoms with Gasteiger partial charge in [-0.2, -0.15) is 4.73 Å². The Morgan fingerprint density at radius 2 is 1.54 bits per heavy atom. The van der Waals surface area contributed by atoms with Crippen LogP contribution in [0.3, 0.4) is 0 Å². The molecule has 4 rings (SSSR count). The van der Waals surface area contributed by atoms with Crippen molar-refractivity contribution in [2.45, 2.75) is 121 Å². The standard InChI is InChI=1S/C53H70ClN9O17/c1-8-28(2)40-47(71)61-43(34-14-16-35(67)17-15-34)51(75)62(7)38(24-33-12-10-9-11-13-33)46(70)59-41(31(5)66)48(72)57-37(26-79-23-21-53(77,27-64)20-18-39(68)55-25-29(3)65)52(76)80-32(6)42(49(73)58-40)60-45(69)30(4)56-50(74)44-36(54)19-22-63(44)78/h9-20,22,28,30-32,37-38,40-43,64,66-67,77-78H,8,21,23-27H2,1-7H3,(H,55,68)(H,56,74)(H,57,72)(H,58,73)(H,59,70)(H,60,69)(H,61,71)/b20-18+. The number of carbonyl (C=O) groups is 10. The molecule has 0 bridgehead atoms. The number of carbonyl (C=O) groups excluding carboxylic acids is 10. The summed E-state index contributed by atoms with van der Waals surface area (Å²) in [5, 5.41) is 69.4. The first-order valence-corrected chi connectivity index (χ1v) is 25.8. The van der Waals surface area contributed by atoms with Crippen molar-refractivity contribution in [2.24, 2.45) is 5.92 Å². The number of likely N-dealkylation sites (N-methyl/N-ethyl adjacent to an activating group) is 1. The number of aromatic nitrogens is 1. The number of nitrogens with zero attached hydrogens (tertiary/aromatic N) is 2. The van der Waals surface area contributed by atoms with Crippen LogP contribution in [0, 0.1) is 5.92 Å². The number of esters is 1. The summed E-state index contributed by atoms with van der Waals surface area (Å²) >= 11 is 6.07. The van der Waals surface area contributed by atoms with Gasteiger partial charge in [-0.1, -0.05) is 74.3 Å². The molecule has 2 aromatic carbocycles. The lowest BCUT2D eigenvalue weighted by Crippen LogP contribution is -2.61. The lowest BCUT2D eigenvalue weighted by atomic mass is 9.96. The molecule has 1 aliphatic rings. The first-order valence-electron chi connectivity index (χ1n) is 25.4. The van der Waals surface area contributed by atoms with Crippen molar-refractivity contribution in [2.75, 3.05) is 33.4 Å². The molecule has 26 nitrogen and oxygen atoms in total. The van der Waals surface area contributed by atoms with E-state index in [-0.39, 0.29) is 41.5 Å². The molecule has 1 fully saturated rings. The van der Waals surface area contributed by atoms with Crippen LogP contribution in [-0.2, 0) is 59.0 Å². The van der Waals surface area contributed by atoms with Crippen LogP contribution in [0.5, 0.6) is 5.75 Å². The average Bonchev–Trinajstić information content (AvgIpc) is 3.82. The normalized spacial score (nSPS) is 22.8. The van der Waals surface area contributed by atoms with E-state index in [0.717, 1.165) is 37.1 Å². The molecule has 11 atom stereocenters. The van der Waals surface area contributed by atoms with E-state index in [1.54, 1.807) is 44.2 Å². The molecular weight excluding hydrogens is 1070 g/mol. The van der Waals surface area contributed by atoms with Gasteiger partial charge in [-0.15, -0.1) is 0 Å². The fourth-order valence-corrected chi connectivity index (χ4v) is 8.16. The van der Waals surface area contributed by atoms with Gasteiger partial charge in [0, 0.05) is 38.8 Å². The molecule has 0 saturated carbocycles. The maximum absolute atomic E-state index is 14.9. The zero-order valence-electron chi connectivity index (χ0n) is 45.1. The highest BCUT2D eigenvalue weighted by Gasteiger charge is 2.41. The van der Waals surface area contributed by atoms with E-state index in [1.807, 2.05) is 0 Å². The Hall–Kier alpha value is -7.91. The Balaban J connectivity index is 1.84. The lowest BCUT2D eigenvalue weighted by Gasteiger charge is -2.34. The van der Waals surface area contributed by atoms with Gasteiger partial charge in [0.1, 0.15) is 59.5 Å². The number of ketones is 1. The number of phenols is 1. The first kappa shape index (κ1) is 64.6. The maximum Gasteiger partial charge on any atom is 0.331 e. The van der Waals surface area contributed by atoms with Gasteiger partial charge in [0.15, 0.2) is 11.7 Å².